The molecule has 1 aliphatic rings. The molecular weight excluding hydrogens is 342 g/mol. The molecule has 0 spiro atoms. The number of aromatic nitrogens is 2. The maximum Gasteiger partial charge on any atom is 0.227 e. The second-order valence-electron chi connectivity index (χ2n) is 6.83. The van der Waals surface area contributed by atoms with E-state index in [1.165, 1.54) is 0 Å². The highest BCUT2D eigenvalue weighted by atomic mass is 32.2. The summed E-state index contributed by atoms with van der Waals surface area (Å²) in [7, 11) is -3.05. The summed E-state index contributed by atoms with van der Waals surface area (Å²) < 4.78 is 28.4. The van der Waals surface area contributed by atoms with Gasteiger partial charge in [-0.25, -0.2) is 8.42 Å². The van der Waals surface area contributed by atoms with Crippen LogP contribution in [0.3, 0.4) is 0 Å². The largest absolute Gasteiger partial charge is 0.350 e. The molecule has 1 fully saturated rings. The van der Waals surface area contributed by atoms with Crippen LogP contribution >= 0.6 is 0 Å². The Labute approximate surface area is 146 Å². The molecule has 2 aromatic rings. The summed E-state index contributed by atoms with van der Waals surface area (Å²) in [6.45, 7) is 3.76. The Morgan fingerprint density at radius 2 is 2.04 bits per heavy atom. The zero-order valence-electron chi connectivity index (χ0n) is 14.3. The van der Waals surface area contributed by atoms with E-state index in [1.807, 2.05) is 31.2 Å². The van der Waals surface area contributed by atoms with Crippen molar-refractivity contribution >= 4 is 15.7 Å². The lowest BCUT2D eigenvalue weighted by molar-refractivity contribution is -0.122. The summed E-state index contributed by atoms with van der Waals surface area (Å²) >= 11 is 0. The molecule has 0 bridgehead atoms. The van der Waals surface area contributed by atoms with Gasteiger partial charge in [0.05, 0.1) is 17.0 Å². The van der Waals surface area contributed by atoms with Crippen LogP contribution in [0.1, 0.15) is 31.2 Å². The molecule has 3 rings (SSSR count). The van der Waals surface area contributed by atoms with E-state index < -0.39 is 15.4 Å². The maximum absolute atomic E-state index is 12.1. The molecule has 1 N–H and O–H groups in total. The summed E-state index contributed by atoms with van der Waals surface area (Å²) in [4.78, 5) is 16.4. The van der Waals surface area contributed by atoms with Crippen LogP contribution in [-0.4, -0.2) is 41.5 Å². The minimum atomic E-state index is -3.05. The van der Waals surface area contributed by atoms with Gasteiger partial charge in [0.2, 0.25) is 17.6 Å². The van der Waals surface area contributed by atoms with E-state index in [-0.39, 0.29) is 23.8 Å². The van der Waals surface area contributed by atoms with Gasteiger partial charge in [-0.2, -0.15) is 4.98 Å². The topological polar surface area (TPSA) is 102 Å². The molecule has 0 radical (unpaired) electrons. The summed E-state index contributed by atoms with van der Waals surface area (Å²) in [6.07, 6.45) is 0.928. The molecule has 7 nitrogen and oxygen atoms in total. The molecule has 1 atom stereocenters. The predicted molar refractivity (Wildman–Crippen MR) is 92.6 cm³/mol. The quantitative estimate of drug-likeness (QED) is 0.867. The molecule has 0 saturated carbocycles. The fourth-order valence-corrected chi connectivity index (χ4v) is 5.00. The molecule has 1 aromatic heterocycles. The highest BCUT2D eigenvalue weighted by molar-refractivity contribution is 7.91. The lowest BCUT2D eigenvalue weighted by Crippen LogP contribution is -2.47. The number of amides is 1. The monoisotopic (exact) mass is 363 g/mol. The Hall–Kier alpha value is -2.22. The number of sulfone groups is 1. The van der Waals surface area contributed by atoms with Gasteiger partial charge in [0.25, 0.3) is 0 Å². The van der Waals surface area contributed by atoms with Gasteiger partial charge >= 0.3 is 0 Å². The van der Waals surface area contributed by atoms with Crippen molar-refractivity contribution in [2.24, 2.45) is 0 Å². The third kappa shape index (κ3) is 4.45. The van der Waals surface area contributed by atoms with Crippen LogP contribution in [0.2, 0.25) is 0 Å². The van der Waals surface area contributed by atoms with Gasteiger partial charge in [-0.15, -0.1) is 0 Å². The molecule has 0 aliphatic carbocycles. The van der Waals surface area contributed by atoms with E-state index in [0.29, 0.717) is 24.6 Å². The number of nitrogens with zero attached hydrogens (tertiary/aromatic N) is 2. The van der Waals surface area contributed by atoms with Crippen LogP contribution < -0.4 is 5.32 Å². The van der Waals surface area contributed by atoms with Crippen molar-refractivity contribution in [1.29, 1.82) is 0 Å². The summed E-state index contributed by atoms with van der Waals surface area (Å²) in [5, 5.41) is 6.75. The number of hydrogen-bond donors (Lipinski definition) is 1. The van der Waals surface area contributed by atoms with Gasteiger partial charge in [-0.05, 0) is 20.3 Å². The molecule has 8 heteroatoms. The highest BCUT2D eigenvalue weighted by Crippen LogP contribution is 2.23. The Morgan fingerprint density at radius 1 is 1.32 bits per heavy atom. The molecule has 2 heterocycles. The van der Waals surface area contributed by atoms with Crippen molar-refractivity contribution in [2.45, 2.75) is 38.6 Å². The fourth-order valence-electron chi connectivity index (χ4n) is 2.90. The van der Waals surface area contributed by atoms with Gasteiger partial charge in [0.15, 0.2) is 9.84 Å². The van der Waals surface area contributed by atoms with Crippen molar-refractivity contribution < 1.29 is 17.7 Å². The Bertz CT molecular complexity index is 874. The zero-order chi connectivity index (χ0) is 18.1. The van der Waals surface area contributed by atoms with Crippen molar-refractivity contribution in [3.8, 4) is 11.4 Å². The molecule has 25 heavy (non-hydrogen) atoms. The molecule has 0 unspecified atom stereocenters. The number of rotatable bonds is 5. The molecule has 1 saturated heterocycles. The SMILES string of the molecule is Cc1ccc(-c2noc(CCC(=O)N[C@]3(C)CCS(=O)(=O)C3)n2)cc1. The first-order valence-electron chi connectivity index (χ1n) is 8.16. The van der Waals surface area contributed by atoms with Crippen molar-refractivity contribution in [3.63, 3.8) is 0 Å². The molecular formula is C17H21N3O4S. The minimum Gasteiger partial charge on any atom is -0.350 e. The van der Waals surface area contributed by atoms with Crippen molar-refractivity contribution in [3.05, 3.63) is 35.7 Å². The first-order chi connectivity index (χ1) is 11.7. The van der Waals surface area contributed by atoms with Gasteiger partial charge in [0, 0.05) is 18.4 Å². The maximum atomic E-state index is 12.1. The van der Waals surface area contributed by atoms with E-state index in [2.05, 4.69) is 15.5 Å². The second-order valence-corrected chi connectivity index (χ2v) is 9.01. The van der Waals surface area contributed by atoms with Gasteiger partial charge in [-0.3, -0.25) is 4.79 Å². The third-order valence-corrected chi connectivity index (χ3v) is 6.19. The summed E-state index contributed by atoms with van der Waals surface area (Å²) in [6, 6.07) is 7.76. The van der Waals surface area contributed by atoms with E-state index in [9.17, 15) is 13.2 Å². The highest BCUT2D eigenvalue weighted by Gasteiger charge is 2.39. The number of aryl methyl sites for hydroxylation is 2. The summed E-state index contributed by atoms with van der Waals surface area (Å²) in [5.41, 5.74) is 1.32. The van der Waals surface area contributed by atoms with Crippen LogP contribution in [0.4, 0.5) is 0 Å². The normalized spacial score (nSPS) is 22.0. The van der Waals surface area contributed by atoms with E-state index in [0.717, 1.165) is 11.1 Å². The van der Waals surface area contributed by atoms with Crippen LogP contribution in [0.15, 0.2) is 28.8 Å². The smallest absolute Gasteiger partial charge is 0.227 e. The van der Waals surface area contributed by atoms with E-state index >= 15 is 0 Å². The minimum absolute atomic E-state index is 0.0101. The van der Waals surface area contributed by atoms with Crippen molar-refractivity contribution in [2.75, 3.05) is 11.5 Å². The number of carbonyl (C=O) groups excluding carboxylic acids is 1. The Morgan fingerprint density at radius 3 is 2.68 bits per heavy atom. The van der Waals surface area contributed by atoms with Crippen LogP contribution in [0.25, 0.3) is 11.4 Å². The molecule has 1 amide bonds. The number of hydrogen-bond acceptors (Lipinski definition) is 6. The van der Waals surface area contributed by atoms with E-state index in [1.54, 1.807) is 6.92 Å². The number of carbonyl (C=O) groups is 1. The molecule has 134 valence electrons. The third-order valence-electron chi connectivity index (χ3n) is 4.29. The predicted octanol–water partition coefficient (Wildman–Crippen LogP) is 1.67. The fraction of sp³-hybridized carbons (Fsp3) is 0.471. The second kappa shape index (κ2) is 6.59. The molecule has 1 aromatic carbocycles. The average molecular weight is 363 g/mol. The first kappa shape index (κ1) is 17.6. The molecule has 1 aliphatic heterocycles. The van der Waals surface area contributed by atoms with Crippen LogP contribution in [-0.2, 0) is 21.1 Å². The Kier molecular flexibility index (Phi) is 4.64. The Balaban J connectivity index is 1.55. The zero-order valence-corrected chi connectivity index (χ0v) is 15.1. The first-order valence-corrected chi connectivity index (χ1v) is 9.98. The lowest BCUT2D eigenvalue weighted by Gasteiger charge is -2.23. The van der Waals surface area contributed by atoms with Crippen LogP contribution in [0, 0.1) is 6.92 Å². The van der Waals surface area contributed by atoms with E-state index in [4.69, 9.17) is 4.52 Å². The number of benzene rings is 1. The van der Waals surface area contributed by atoms with Gasteiger partial charge < -0.3 is 9.84 Å². The lowest BCUT2D eigenvalue weighted by atomic mass is 10.0. The van der Waals surface area contributed by atoms with Crippen LogP contribution in [0.5, 0.6) is 0 Å². The summed E-state index contributed by atoms with van der Waals surface area (Å²) in [5.74, 6) is 0.769. The average Bonchev–Trinajstić information content (AvgIpc) is 3.10. The number of nitrogens with one attached hydrogen (secondary N) is 1. The van der Waals surface area contributed by atoms with Gasteiger partial charge in [-0.1, -0.05) is 35.0 Å². The van der Waals surface area contributed by atoms with Crippen molar-refractivity contribution in [1.82, 2.24) is 15.5 Å². The standard InChI is InChI=1S/C17H21N3O4S/c1-12-3-5-13(6-4-12)16-18-15(24-20-16)8-7-14(21)19-17(2)9-10-25(22,23)11-17/h3-6H,7-11H2,1-2H3,(H,19,21)/t17-/m1/s1. The van der Waals surface area contributed by atoms with Gasteiger partial charge in [0.1, 0.15) is 0 Å².